The van der Waals surface area contributed by atoms with Crippen LogP contribution in [0, 0.1) is 11.6 Å². The second-order valence-corrected chi connectivity index (χ2v) is 3.40. The lowest BCUT2D eigenvalue weighted by Crippen LogP contribution is -2.34. The van der Waals surface area contributed by atoms with Gasteiger partial charge in [0.05, 0.1) is 24.0 Å². The second-order valence-electron chi connectivity index (χ2n) is 3.40. The zero-order chi connectivity index (χ0) is 13.0. The van der Waals surface area contributed by atoms with Crippen molar-refractivity contribution in [3.05, 3.63) is 29.3 Å². The molecule has 1 amide bonds. The van der Waals surface area contributed by atoms with Crippen LogP contribution in [0.4, 0.5) is 14.5 Å². The van der Waals surface area contributed by atoms with Gasteiger partial charge in [-0.25, -0.2) is 8.78 Å². The first-order valence-electron chi connectivity index (χ1n) is 4.77. The van der Waals surface area contributed by atoms with Crippen LogP contribution >= 0.6 is 0 Å². The predicted molar refractivity (Wildman–Crippen MR) is 56.2 cm³/mol. The molecule has 0 radical (unpaired) electrons. The maximum Gasteiger partial charge on any atom is 0.254 e. The number of carbonyl (C=O) groups is 1. The molecule has 1 aromatic carbocycles. The van der Waals surface area contributed by atoms with Crippen LogP contribution in [0.25, 0.3) is 0 Å². The second kappa shape index (κ2) is 5.55. The molecule has 0 bridgehead atoms. The third-order valence-electron chi connectivity index (χ3n) is 2.02. The normalized spacial score (nSPS) is 12.2. The Morgan fingerprint density at radius 2 is 2.12 bits per heavy atom. The minimum Gasteiger partial charge on any atom is -0.396 e. The number of hydrogen-bond donors (Lipinski definition) is 4. The number of anilines is 1. The van der Waals surface area contributed by atoms with Crippen LogP contribution in [-0.4, -0.2) is 35.4 Å². The van der Waals surface area contributed by atoms with Gasteiger partial charge in [0.15, 0.2) is 5.82 Å². The number of nitrogens with one attached hydrogen (secondary N) is 1. The monoisotopic (exact) mass is 246 g/mol. The number of aliphatic hydroxyl groups excluding tert-OH is 2. The Morgan fingerprint density at radius 3 is 2.71 bits per heavy atom. The number of hydrogen-bond acceptors (Lipinski definition) is 4. The van der Waals surface area contributed by atoms with Crippen molar-refractivity contribution in [2.24, 2.45) is 0 Å². The molecule has 1 rings (SSSR count). The van der Waals surface area contributed by atoms with Gasteiger partial charge in [0, 0.05) is 6.54 Å². The van der Waals surface area contributed by atoms with Crippen molar-refractivity contribution in [3.8, 4) is 0 Å². The van der Waals surface area contributed by atoms with Gasteiger partial charge in [-0.05, 0) is 12.1 Å². The minimum absolute atomic E-state index is 0.273. The van der Waals surface area contributed by atoms with Crippen molar-refractivity contribution in [3.63, 3.8) is 0 Å². The van der Waals surface area contributed by atoms with E-state index in [1.165, 1.54) is 0 Å². The van der Waals surface area contributed by atoms with E-state index in [1.54, 1.807) is 0 Å². The van der Waals surface area contributed by atoms with Crippen molar-refractivity contribution < 1.29 is 23.8 Å². The van der Waals surface area contributed by atoms with E-state index in [-0.39, 0.29) is 6.54 Å². The van der Waals surface area contributed by atoms with E-state index in [2.05, 4.69) is 5.32 Å². The molecule has 0 fully saturated rings. The van der Waals surface area contributed by atoms with Gasteiger partial charge in [-0.3, -0.25) is 4.79 Å². The summed E-state index contributed by atoms with van der Waals surface area (Å²) in [7, 11) is 0. The number of carbonyl (C=O) groups excluding carboxylic acids is 1. The Kier molecular flexibility index (Phi) is 4.36. The maximum absolute atomic E-state index is 13.4. The van der Waals surface area contributed by atoms with Crippen LogP contribution in [0.1, 0.15) is 10.4 Å². The summed E-state index contributed by atoms with van der Waals surface area (Å²) in [6, 6.07) is 1.46. The fourth-order valence-corrected chi connectivity index (χ4v) is 1.15. The molecule has 0 saturated carbocycles. The van der Waals surface area contributed by atoms with Gasteiger partial charge in [0.25, 0.3) is 5.91 Å². The van der Waals surface area contributed by atoms with E-state index in [4.69, 9.17) is 15.9 Å². The Morgan fingerprint density at radius 1 is 1.47 bits per heavy atom. The lowest BCUT2D eigenvalue weighted by molar-refractivity contribution is 0.0799. The van der Waals surface area contributed by atoms with E-state index >= 15 is 0 Å². The molecule has 94 valence electrons. The summed E-state index contributed by atoms with van der Waals surface area (Å²) in [5, 5.41) is 19.6. The highest BCUT2D eigenvalue weighted by atomic mass is 19.1. The number of nitrogens with two attached hydrogens (primary N) is 1. The van der Waals surface area contributed by atoms with Crippen molar-refractivity contribution in [2.45, 2.75) is 6.10 Å². The third-order valence-corrected chi connectivity index (χ3v) is 2.02. The third kappa shape index (κ3) is 3.36. The van der Waals surface area contributed by atoms with Gasteiger partial charge in [-0.2, -0.15) is 0 Å². The van der Waals surface area contributed by atoms with Crippen LogP contribution in [0.3, 0.4) is 0 Å². The molecule has 1 atom stereocenters. The maximum atomic E-state index is 13.4. The van der Waals surface area contributed by atoms with Crippen molar-refractivity contribution in [1.29, 1.82) is 0 Å². The largest absolute Gasteiger partial charge is 0.396 e. The van der Waals surface area contributed by atoms with Gasteiger partial charge >= 0.3 is 0 Å². The van der Waals surface area contributed by atoms with E-state index in [0.717, 1.165) is 6.07 Å². The SMILES string of the molecule is Nc1cc(F)cc(C(=O)NCC(O)CO)c1F. The molecule has 5 N–H and O–H groups in total. The van der Waals surface area contributed by atoms with Crippen molar-refractivity contribution in [2.75, 3.05) is 18.9 Å². The first kappa shape index (κ1) is 13.3. The lowest BCUT2D eigenvalue weighted by Gasteiger charge is -2.10. The predicted octanol–water partition coefficient (Wildman–Crippen LogP) is -0.370. The number of amides is 1. The van der Waals surface area contributed by atoms with Crippen LogP contribution in [-0.2, 0) is 0 Å². The average Bonchev–Trinajstić information content (AvgIpc) is 2.30. The number of benzene rings is 1. The summed E-state index contributed by atoms with van der Waals surface area (Å²) < 4.78 is 26.3. The summed E-state index contributed by atoms with van der Waals surface area (Å²) in [5.74, 6) is -2.78. The van der Waals surface area contributed by atoms with Crippen molar-refractivity contribution >= 4 is 11.6 Å². The summed E-state index contributed by atoms with van der Waals surface area (Å²) in [5.41, 5.74) is 4.13. The molecule has 0 aromatic heterocycles. The number of nitrogen functional groups attached to an aromatic ring is 1. The minimum atomic E-state index is -1.16. The van der Waals surface area contributed by atoms with Gasteiger partial charge in [0.1, 0.15) is 5.82 Å². The highest BCUT2D eigenvalue weighted by Gasteiger charge is 2.16. The number of halogens is 2. The number of rotatable bonds is 4. The molecule has 0 aliphatic carbocycles. The quantitative estimate of drug-likeness (QED) is 0.545. The molecular formula is C10H12F2N2O3. The van der Waals surface area contributed by atoms with E-state index in [9.17, 15) is 13.6 Å². The van der Waals surface area contributed by atoms with Crippen LogP contribution in [0.5, 0.6) is 0 Å². The fraction of sp³-hybridized carbons (Fsp3) is 0.300. The smallest absolute Gasteiger partial charge is 0.254 e. The molecule has 1 aromatic rings. The molecule has 0 saturated heterocycles. The Hall–Kier alpha value is -1.73. The first-order chi connectivity index (χ1) is 7.95. The summed E-state index contributed by atoms with van der Waals surface area (Å²) in [6.45, 7) is -0.820. The van der Waals surface area contributed by atoms with Crippen LogP contribution < -0.4 is 11.1 Å². The van der Waals surface area contributed by atoms with Gasteiger partial charge < -0.3 is 21.3 Å². The molecule has 7 heteroatoms. The summed E-state index contributed by atoms with van der Waals surface area (Å²) in [6.07, 6.45) is -1.16. The molecule has 5 nitrogen and oxygen atoms in total. The fourth-order valence-electron chi connectivity index (χ4n) is 1.15. The highest BCUT2D eigenvalue weighted by Crippen LogP contribution is 2.17. The van der Waals surface area contributed by atoms with Crippen LogP contribution in [0.15, 0.2) is 12.1 Å². The van der Waals surface area contributed by atoms with Crippen molar-refractivity contribution in [1.82, 2.24) is 5.32 Å². The Balaban J connectivity index is 2.82. The number of aliphatic hydroxyl groups is 2. The molecule has 0 spiro atoms. The molecule has 1 unspecified atom stereocenters. The van der Waals surface area contributed by atoms with Gasteiger partial charge in [-0.1, -0.05) is 0 Å². The van der Waals surface area contributed by atoms with Crippen LogP contribution in [0.2, 0.25) is 0 Å². The zero-order valence-corrected chi connectivity index (χ0v) is 8.78. The summed E-state index contributed by atoms with van der Waals surface area (Å²) >= 11 is 0. The Bertz CT molecular complexity index is 426. The first-order valence-corrected chi connectivity index (χ1v) is 4.77. The topological polar surface area (TPSA) is 95.6 Å². The molecular weight excluding hydrogens is 234 g/mol. The van der Waals surface area contributed by atoms with E-state index in [0.29, 0.717) is 6.07 Å². The lowest BCUT2D eigenvalue weighted by atomic mass is 10.1. The van der Waals surface area contributed by atoms with E-state index < -0.39 is 41.5 Å². The zero-order valence-electron chi connectivity index (χ0n) is 8.78. The van der Waals surface area contributed by atoms with Gasteiger partial charge in [0.2, 0.25) is 0 Å². The molecule has 0 aliphatic heterocycles. The van der Waals surface area contributed by atoms with E-state index in [1.807, 2.05) is 0 Å². The summed E-state index contributed by atoms with van der Waals surface area (Å²) in [4.78, 5) is 11.4. The molecule has 0 heterocycles. The molecule has 17 heavy (non-hydrogen) atoms. The Labute approximate surface area is 95.9 Å². The van der Waals surface area contributed by atoms with Gasteiger partial charge in [-0.15, -0.1) is 0 Å². The standard InChI is InChI=1S/C10H12F2N2O3/c11-5-1-7(9(12)8(13)2-5)10(17)14-3-6(16)4-15/h1-2,6,15-16H,3-4,13H2,(H,14,17). The average molecular weight is 246 g/mol. The molecule has 0 aliphatic rings. The highest BCUT2D eigenvalue weighted by molar-refractivity contribution is 5.95.